The van der Waals surface area contributed by atoms with E-state index in [1.54, 1.807) is 0 Å². The minimum atomic E-state index is 0.811. The van der Waals surface area contributed by atoms with Crippen molar-refractivity contribution in [3.05, 3.63) is 46.3 Å². The number of anilines is 2. The van der Waals surface area contributed by atoms with E-state index in [1.165, 1.54) is 18.4 Å². The Hall–Kier alpha value is -1.42. The van der Waals surface area contributed by atoms with Gasteiger partial charge in [-0.25, -0.2) is 9.97 Å². The highest BCUT2D eigenvalue weighted by Crippen LogP contribution is 2.19. The molecule has 3 nitrogen and oxygen atoms in total. The highest BCUT2D eigenvalue weighted by molar-refractivity contribution is 9.10. The van der Waals surface area contributed by atoms with E-state index in [0.717, 1.165) is 34.8 Å². The molecule has 0 spiro atoms. The first-order chi connectivity index (χ1) is 9.71. The van der Waals surface area contributed by atoms with Crippen molar-refractivity contribution in [1.82, 2.24) is 9.97 Å². The van der Waals surface area contributed by atoms with E-state index < -0.39 is 0 Å². The van der Waals surface area contributed by atoms with Crippen molar-refractivity contribution in [2.24, 2.45) is 0 Å². The maximum Gasteiger partial charge on any atom is 0.135 e. The van der Waals surface area contributed by atoms with Crippen LogP contribution in [0.4, 0.5) is 11.5 Å². The molecule has 0 saturated heterocycles. The van der Waals surface area contributed by atoms with Crippen LogP contribution in [0.25, 0.3) is 0 Å². The first-order valence-electron chi connectivity index (χ1n) is 7.10. The van der Waals surface area contributed by atoms with Crippen LogP contribution in [0.15, 0.2) is 34.9 Å². The molecule has 1 N–H and O–H groups in total. The molecule has 0 bridgehead atoms. The van der Waals surface area contributed by atoms with Crippen LogP contribution in [0.2, 0.25) is 0 Å². The summed E-state index contributed by atoms with van der Waals surface area (Å²) in [4.78, 5) is 8.77. The van der Waals surface area contributed by atoms with E-state index in [4.69, 9.17) is 0 Å². The number of nitrogens with one attached hydrogen (secondary N) is 1. The van der Waals surface area contributed by atoms with Gasteiger partial charge in [-0.15, -0.1) is 0 Å². The summed E-state index contributed by atoms with van der Waals surface area (Å²) >= 11 is 3.42. The van der Waals surface area contributed by atoms with Crippen LogP contribution in [0.3, 0.4) is 0 Å². The predicted octanol–water partition coefficient (Wildman–Crippen LogP) is 4.89. The van der Waals surface area contributed by atoms with Gasteiger partial charge >= 0.3 is 0 Å². The van der Waals surface area contributed by atoms with Crippen LogP contribution in [-0.4, -0.2) is 9.97 Å². The quantitative estimate of drug-likeness (QED) is 0.765. The Morgan fingerprint density at radius 3 is 2.50 bits per heavy atom. The number of hydrogen-bond donors (Lipinski definition) is 1. The second-order valence-electron chi connectivity index (χ2n) is 4.77. The molecule has 0 fully saturated rings. The molecular formula is C16H20BrN3. The Labute approximate surface area is 129 Å². The highest BCUT2D eigenvalue weighted by atomic mass is 79.9. The van der Waals surface area contributed by atoms with Crippen LogP contribution >= 0.6 is 15.9 Å². The molecule has 1 aromatic heterocycles. The lowest BCUT2D eigenvalue weighted by molar-refractivity contribution is 0.795. The molecule has 0 aliphatic heterocycles. The summed E-state index contributed by atoms with van der Waals surface area (Å²) in [5.74, 6) is 1.66. The summed E-state index contributed by atoms with van der Waals surface area (Å²) in [5.41, 5.74) is 2.44. The Balaban J connectivity index is 2.07. The molecule has 20 heavy (non-hydrogen) atoms. The molecular weight excluding hydrogens is 314 g/mol. The van der Waals surface area contributed by atoms with Crippen LogP contribution in [0.5, 0.6) is 0 Å². The van der Waals surface area contributed by atoms with E-state index in [2.05, 4.69) is 62.4 Å². The Kier molecular flexibility index (Phi) is 5.53. The lowest BCUT2D eigenvalue weighted by Crippen LogP contribution is -1.99. The molecule has 0 amide bonds. The second kappa shape index (κ2) is 7.39. The van der Waals surface area contributed by atoms with E-state index in [-0.39, 0.29) is 0 Å². The predicted molar refractivity (Wildman–Crippen MR) is 87.4 cm³/mol. The number of nitrogens with zero attached hydrogens (tertiary/aromatic N) is 2. The molecule has 2 rings (SSSR count). The minimum absolute atomic E-state index is 0.811. The van der Waals surface area contributed by atoms with Gasteiger partial charge in [-0.05, 0) is 46.5 Å². The first kappa shape index (κ1) is 15.0. The number of rotatable bonds is 6. The van der Waals surface area contributed by atoms with Gasteiger partial charge in [0.1, 0.15) is 16.2 Å². The number of aromatic nitrogens is 2. The molecule has 2 aromatic rings. The SMILES string of the molecule is CCCCc1ccc(Nc2cc(Br)nc(CC)n2)cc1. The fraction of sp³-hybridized carbons (Fsp3) is 0.375. The number of benzene rings is 1. The van der Waals surface area contributed by atoms with Gasteiger partial charge in [-0.3, -0.25) is 0 Å². The summed E-state index contributed by atoms with van der Waals surface area (Å²) < 4.78 is 0.811. The maximum atomic E-state index is 4.47. The topological polar surface area (TPSA) is 37.8 Å². The minimum Gasteiger partial charge on any atom is -0.340 e. The second-order valence-corrected chi connectivity index (χ2v) is 5.58. The zero-order chi connectivity index (χ0) is 14.4. The third-order valence-electron chi connectivity index (χ3n) is 3.10. The average molecular weight is 334 g/mol. The van der Waals surface area contributed by atoms with Crippen LogP contribution < -0.4 is 5.32 Å². The van der Waals surface area contributed by atoms with E-state index >= 15 is 0 Å². The summed E-state index contributed by atoms with van der Waals surface area (Å²) in [6.45, 7) is 4.27. The van der Waals surface area contributed by atoms with Crippen molar-refractivity contribution in [3.8, 4) is 0 Å². The summed E-state index contributed by atoms with van der Waals surface area (Å²) in [7, 11) is 0. The molecule has 0 aliphatic rings. The summed E-state index contributed by atoms with van der Waals surface area (Å²) in [6, 6.07) is 10.5. The van der Waals surface area contributed by atoms with E-state index in [1.807, 2.05) is 13.0 Å². The smallest absolute Gasteiger partial charge is 0.135 e. The molecule has 4 heteroatoms. The lowest BCUT2D eigenvalue weighted by atomic mass is 10.1. The van der Waals surface area contributed by atoms with Crippen molar-refractivity contribution in [2.75, 3.05) is 5.32 Å². The molecule has 106 valence electrons. The number of unbranched alkanes of at least 4 members (excludes halogenated alkanes) is 1. The molecule has 0 unspecified atom stereocenters. The van der Waals surface area contributed by atoms with Gasteiger partial charge < -0.3 is 5.32 Å². The summed E-state index contributed by atoms with van der Waals surface area (Å²) in [5, 5.41) is 3.32. The third-order valence-corrected chi connectivity index (χ3v) is 3.51. The van der Waals surface area contributed by atoms with E-state index in [0.29, 0.717) is 0 Å². The fourth-order valence-electron chi connectivity index (χ4n) is 1.97. The zero-order valence-corrected chi connectivity index (χ0v) is 13.6. The van der Waals surface area contributed by atoms with Crippen molar-refractivity contribution in [1.29, 1.82) is 0 Å². The van der Waals surface area contributed by atoms with Crippen molar-refractivity contribution in [2.45, 2.75) is 39.5 Å². The van der Waals surface area contributed by atoms with Gasteiger partial charge in [0, 0.05) is 18.2 Å². The highest BCUT2D eigenvalue weighted by Gasteiger charge is 2.02. The van der Waals surface area contributed by atoms with Gasteiger partial charge in [-0.2, -0.15) is 0 Å². The number of hydrogen-bond acceptors (Lipinski definition) is 3. The molecule has 0 saturated carbocycles. The fourth-order valence-corrected chi connectivity index (χ4v) is 2.39. The van der Waals surface area contributed by atoms with Gasteiger partial charge in [0.05, 0.1) is 0 Å². The van der Waals surface area contributed by atoms with Crippen LogP contribution in [0, 0.1) is 0 Å². The Morgan fingerprint density at radius 2 is 1.85 bits per heavy atom. The third kappa shape index (κ3) is 4.30. The molecule has 1 aromatic carbocycles. The van der Waals surface area contributed by atoms with Gasteiger partial charge in [0.15, 0.2) is 0 Å². The van der Waals surface area contributed by atoms with Crippen molar-refractivity contribution >= 4 is 27.4 Å². The first-order valence-corrected chi connectivity index (χ1v) is 7.90. The molecule has 1 heterocycles. The van der Waals surface area contributed by atoms with Crippen molar-refractivity contribution in [3.63, 3.8) is 0 Å². The average Bonchev–Trinajstić information content (AvgIpc) is 2.46. The zero-order valence-electron chi connectivity index (χ0n) is 12.0. The molecule has 0 radical (unpaired) electrons. The van der Waals surface area contributed by atoms with Crippen molar-refractivity contribution < 1.29 is 0 Å². The monoisotopic (exact) mass is 333 g/mol. The van der Waals surface area contributed by atoms with Gasteiger partial charge in [-0.1, -0.05) is 32.4 Å². The standard InChI is InChI=1S/C16H20BrN3/c1-3-5-6-12-7-9-13(10-8-12)18-16-11-14(17)19-15(4-2)20-16/h7-11H,3-6H2,1-2H3,(H,18,19,20). The van der Waals surface area contributed by atoms with Crippen LogP contribution in [0.1, 0.15) is 38.1 Å². The molecule has 0 atom stereocenters. The maximum absolute atomic E-state index is 4.47. The summed E-state index contributed by atoms with van der Waals surface area (Å²) in [6.07, 6.45) is 4.44. The van der Waals surface area contributed by atoms with Gasteiger partial charge in [0.25, 0.3) is 0 Å². The van der Waals surface area contributed by atoms with Crippen LogP contribution in [-0.2, 0) is 12.8 Å². The largest absolute Gasteiger partial charge is 0.340 e. The molecule has 0 aliphatic carbocycles. The number of aryl methyl sites for hydroxylation is 2. The Morgan fingerprint density at radius 1 is 1.10 bits per heavy atom. The van der Waals surface area contributed by atoms with Gasteiger partial charge in [0.2, 0.25) is 0 Å². The number of halogens is 1. The Bertz CT molecular complexity index is 552. The normalized spacial score (nSPS) is 10.6. The van der Waals surface area contributed by atoms with E-state index in [9.17, 15) is 0 Å². The lowest BCUT2D eigenvalue weighted by Gasteiger charge is -2.08.